The van der Waals surface area contributed by atoms with Crippen LogP contribution >= 0.6 is 0 Å². The zero-order chi connectivity index (χ0) is 16.1. The molecule has 0 spiro atoms. The van der Waals surface area contributed by atoms with Gasteiger partial charge in [0.15, 0.2) is 0 Å². The van der Waals surface area contributed by atoms with E-state index < -0.39 is 0 Å². The minimum Gasteiger partial charge on any atom is -0.338 e. The van der Waals surface area contributed by atoms with Crippen LogP contribution in [0, 0.1) is 5.92 Å². The van der Waals surface area contributed by atoms with Gasteiger partial charge in [0.2, 0.25) is 0 Å². The highest BCUT2D eigenvalue weighted by molar-refractivity contribution is 5.83. The first-order chi connectivity index (χ1) is 11.3. The number of amides is 2. The Morgan fingerprint density at radius 1 is 1.26 bits per heavy atom. The van der Waals surface area contributed by atoms with E-state index in [1.54, 1.807) is 0 Å². The molecule has 5 N–H and O–H groups in total. The van der Waals surface area contributed by atoms with Gasteiger partial charge in [-0.3, -0.25) is 0 Å². The van der Waals surface area contributed by atoms with Crippen LogP contribution in [0.25, 0.3) is 10.8 Å². The third-order valence-corrected chi connectivity index (χ3v) is 4.43. The van der Waals surface area contributed by atoms with E-state index in [4.69, 9.17) is 5.73 Å². The van der Waals surface area contributed by atoms with Crippen molar-refractivity contribution in [1.29, 1.82) is 0 Å². The maximum absolute atomic E-state index is 12.1. The number of carbonyl (C=O) groups is 1. The van der Waals surface area contributed by atoms with Crippen molar-refractivity contribution in [3.63, 3.8) is 0 Å². The van der Waals surface area contributed by atoms with Gasteiger partial charge in [0.05, 0.1) is 6.04 Å². The normalized spacial score (nSPS) is 18.7. The lowest BCUT2D eigenvalue weighted by Gasteiger charge is -2.19. The molecule has 0 aliphatic carbocycles. The molecule has 5 nitrogen and oxygen atoms in total. The quantitative estimate of drug-likeness (QED) is 0.679. The number of benzene rings is 2. The Kier molecular flexibility index (Phi) is 5.10. The minimum atomic E-state index is -0.179. The first-order valence-corrected chi connectivity index (χ1v) is 8.20. The van der Waals surface area contributed by atoms with Crippen molar-refractivity contribution < 1.29 is 4.79 Å². The van der Waals surface area contributed by atoms with Crippen molar-refractivity contribution >= 4 is 16.8 Å². The van der Waals surface area contributed by atoms with Crippen molar-refractivity contribution in [1.82, 2.24) is 16.0 Å². The van der Waals surface area contributed by atoms with Gasteiger partial charge in [-0.15, -0.1) is 0 Å². The summed E-state index contributed by atoms with van der Waals surface area (Å²) in [6, 6.07) is 14.0. The van der Waals surface area contributed by atoms with E-state index in [-0.39, 0.29) is 12.1 Å². The SMILES string of the molecule is NCC(NC(=O)NCC1CCNC1)c1ccc2ccccc2c1. The molecule has 23 heavy (non-hydrogen) atoms. The second-order valence-electron chi connectivity index (χ2n) is 6.11. The number of nitrogens with two attached hydrogens (primary N) is 1. The van der Waals surface area contributed by atoms with E-state index in [2.05, 4.69) is 40.2 Å². The fourth-order valence-electron chi connectivity index (χ4n) is 3.04. The molecule has 2 amide bonds. The lowest BCUT2D eigenvalue weighted by Crippen LogP contribution is -2.42. The van der Waals surface area contributed by atoms with Gasteiger partial charge in [0, 0.05) is 13.1 Å². The molecule has 5 heteroatoms. The second-order valence-corrected chi connectivity index (χ2v) is 6.11. The van der Waals surface area contributed by atoms with Crippen LogP contribution < -0.4 is 21.7 Å². The summed E-state index contributed by atoms with van der Waals surface area (Å²) >= 11 is 0. The van der Waals surface area contributed by atoms with E-state index in [1.165, 1.54) is 5.39 Å². The summed E-state index contributed by atoms with van der Waals surface area (Å²) in [6.07, 6.45) is 1.12. The lowest BCUT2D eigenvalue weighted by atomic mass is 10.0. The van der Waals surface area contributed by atoms with Gasteiger partial charge in [0.25, 0.3) is 0 Å². The Hall–Kier alpha value is -2.11. The molecule has 2 atom stereocenters. The maximum atomic E-state index is 12.1. The van der Waals surface area contributed by atoms with Gasteiger partial charge >= 0.3 is 6.03 Å². The molecule has 122 valence electrons. The zero-order valence-electron chi connectivity index (χ0n) is 13.2. The number of hydrogen-bond donors (Lipinski definition) is 4. The van der Waals surface area contributed by atoms with Crippen molar-refractivity contribution in [3.8, 4) is 0 Å². The molecule has 2 aromatic carbocycles. The van der Waals surface area contributed by atoms with E-state index in [1.807, 2.05) is 18.2 Å². The van der Waals surface area contributed by atoms with Crippen molar-refractivity contribution in [2.24, 2.45) is 11.7 Å². The Morgan fingerprint density at radius 3 is 2.83 bits per heavy atom. The van der Waals surface area contributed by atoms with Crippen LogP contribution in [0.1, 0.15) is 18.0 Å². The summed E-state index contributed by atoms with van der Waals surface area (Å²) in [7, 11) is 0. The number of nitrogens with one attached hydrogen (secondary N) is 3. The van der Waals surface area contributed by atoms with Gasteiger partial charge in [0.1, 0.15) is 0 Å². The van der Waals surface area contributed by atoms with Gasteiger partial charge < -0.3 is 21.7 Å². The third kappa shape index (κ3) is 4.00. The third-order valence-electron chi connectivity index (χ3n) is 4.43. The lowest BCUT2D eigenvalue weighted by molar-refractivity contribution is 0.235. The van der Waals surface area contributed by atoms with Crippen LogP contribution in [0.15, 0.2) is 42.5 Å². The predicted molar refractivity (Wildman–Crippen MR) is 93.3 cm³/mol. The minimum absolute atomic E-state index is 0.152. The average molecular weight is 312 g/mol. The number of hydrogen-bond acceptors (Lipinski definition) is 3. The van der Waals surface area contributed by atoms with Crippen LogP contribution in [-0.4, -0.2) is 32.2 Å². The Bertz CT molecular complexity index is 667. The van der Waals surface area contributed by atoms with Crippen LogP contribution in [0.2, 0.25) is 0 Å². The molecule has 1 saturated heterocycles. The van der Waals surface area contributed by atoms with Crippen LogP contribution in [0.4, 0.5) is 4.79 Å². The number of carbonyl (C=O) groups excluding carboxylic acids is 1. The molecule has 3 rings (SSSR count). The second kappa shape index (κ2) is 7.44. The molecule has 2 unspecified atom stereocenters. The first-order valence-electron chi connectivity index (χ1n) is 8.20. The van der Waals surface area contributed by atoms with E-state index in [0.29, 0.717) is 19.0 Å². The smallest absolute Gasteiger partial charge is 0.315 e. The monoisotopic (exact) mass is 312 g/mol. The predicted octanol–water partition coefficient (Wildman–Crippen LogP) is 1.75. The van der Waals surface area contributed by atoms with Crippen LogP contribution in [-0.2, 0) is 0 Å². The Balaban J connectivity index is 1.62. The molecule has 1 fully saturated rings. The molecule has 0 radical (unpaired) electrons. The molecule has 1 aliphatic heterocycles. The van der Waals surface area contributed by atoms with Crippen molar-refractivity contribution in [2.45, 2.75) is 12.5 Å². The number of rotatable bonds is 5. The van der Waals surface area contributed by atoms with E-state index >= 15 is 0 Å². The zero-order valence-corrected chi connectivity index (χ0v) is 13.2. The van der Waals surface area contributed by atoms with Crippen LogP contribution in [0.3, 0.4) is 0 Å². The van der Waals surface area contributed by atoms with Gasteiger partial charge in [-0.2, -0.15) is 0 Å². The van der Waals surface area contributed by atoms with Gasteiger partial charge in [-0.1, -0.05) is 36.4 Å². The molecule has 2 aromatic rings. The van der Waals surface area contributed by atoms with Gasteiger partial charge in [-0.05, 0) is 47.8 Å². The summed E-state index contributed by atoms with van der Waals surface area (Å²) in [6.45, 7) is 3.09. The van der Waals surface area contributed by atoms with E-state index in [0.717, 1.165) is 30.5 Å². The number of fused-ring (bicyclic) bond motifs is 1. The highest BCUT2D eigenvalue weighted by Gasteiger charge is 2.17. The first kappa shape index (κ1) is 15.8. The summed E-state index contributed by atoms with van der Waals surface area (Å²) in [4.78, 5) is 12.1. The average Bonchev–Trinajstić information content (AvgIpc) is 3.11. The summed E-state index contributed by atoms with van der Waals surface area (Å²) in [5.74, 6) is 0.526. The summed E-state index contributed by atoms with van der Waals surface area (Å²) in [5.41, 5.74) is 6.89. The highest BCUT2D eigenvalue weighted by Crippen LogP contribution is 2.20. The molecule has 0 aromatic heterocycles. The molecule has 0 bridgehead atoms. The standard InChI is InChI=1S/C18H24N4O/c19-10-17(22-18(23)21-12-13-7-8-20-11-13)16-6-5-14-3-1-2-4-15(14)9-16/h1-6,9,13,17,20H,7-8,10-12,19H2,(H2,21,22,23). The molecule has 1 aliphatic rings. The molecular weight excluding hydrogens is 288 g/mol. The fraction of sp³-hybridized carbons (Fsp3) is 0.389. The summed E-state index contributed by atoms with van der Waals surface area (Å²) < 4.78 is 0. The molecular formula is C18H24N4O. The van der Waals surface area contributed by atoms with Gasteiger partial charge in [-0.25, -0.2) is 4.79 Å². The Labute approximate surface area is 136 Å². The Morgan fingerprint density at radius 2 is 2.09 bits per heavy atom. The molecule has 0 saturated carbocycles. The highest BCUT2D eigenvalue weighted by atomic mass is 16.2. The fourth-order valence-corrected chi connectivity index (χ4v) is 3.04. The van der Waals surface area contributed by atoms with E-state index in [9.17, 15) is 4.79 Å². The van der Waals surface area contributed by atoms with Crippen molar-refractivity contribution in [3.05, 3.63) is 48.0 Å². The van der Waals surface area contributed by atoms with Crippen LogP contribution in [0.5, 0.6) is 0 Å². The largest absolute Gasteiger partial charge is 0.338 e. The summed E-state index contributed by atoms with van der Waals surface area (Å²) in [5, 5.41) is 11.6. The number of urea groups is 1. The maximum Gasteiger partial charge on any atom is 0.315 e. The molecule has 1 heterocycles. The topological polar surface area (TPSA) is 79.2 Å². The van der Waals surface area contributed by atoms with Crippen molar-refractivity contribution in [2.75, 3.05) is 26.2 Å².